The average molecular weight is 319 g/mol. The van der Waals surface area contributed by atoms with Crippen LogP contribution in [-0.4, -0.2) is 10.7 Å². The number of benzene rings is 1. The van der Waals surface area contributed by atoms with Crippen LogP contribution in [0, 0.1) is 5.92 Å². The van der Waals surface area contributed by atoms with E-state index in [1.54, 1.807) is 0 Å². The van der Waals surface area contributed by atoms with Gasteiger partial charge in [0.2, 0.25) is 0 Å². The summed E-state index contributed by atoms with van der Waals surface area (Å²) >= 11 is 0. The van der Waals surface area contributed by atoms with Gasteiger partial charge in [-0.1, -0.05) is 46.5 Å². The van der Waals surface area contributed by atoms with Crippen molar-refractivity contribution in [2.45, 2.75) is 91.1 Å². The van der Waals surface area contributed by atoms with Gasteiger partial charge in [0, 0.05) is 11.5 Å². The first-order chi connectivity index (χ1) is 10.9. The molecule has 0 radical (unpaired) electrons. The molecule has 1 aliphatic rings. The number of fused-ring (bicyclic) bond motifs is 1. The summed E-state index contributed by atoms with van der Waals surface area (Å²) in [5.74, 6) is 2.12. The van der Waals surface area contributed by atoms with E-state index in [0.29, 0.717) is 17.6 Å². The lowest BCUT2D eigenvalue weighted by Crippen LogP contribution is -2.43. The van der Waals surface area contributed by atoms with E-state index in [0.717, 1.165) is 24.2 Å². The van der Waals surface area contributed by atoms with Gasteiger partial charge in [-0.15, -0.1) is 0 Å². The molecule has 1 aromatic rings. The van der Waals surface area contributed by atoms with E-state index in [1.807, 2.05) is 6.07 Å². The van der Waals surface area contributed by atoms with Gasteiger partial charge in [0.1, 0.15) is 17.1 Å². The standard InChI is InChI=1S/C21H34O2/c1-6-8-10-11-16-13-18(22)20-15(3)17(12-9-7-2)21(4,5)23-19(20)14-16/h13-15,17,22H,6-12H2,1-5H3/t15?,17-/m1/s1. The Balaban J connectivity index is 2.28. The van der Waals surface area contributed by atoms with E-state index in [4.69, 9.17) is 4.74 Å². The highest BCUT2D eigenvalue weighted by atomic mass is 16.5. The van der Waals surface area contributed by atoms with Crippen molar-refractivity contribution in [1.82, 2.24) is 0 Å². The lowest BCUT2D eigenvalue weighted by molar-refractivity contribution is 0.00719. The Kier molecular flexibility index (Phi) is 6.00. The Morgan fingerprint density at radius 3 is 2.43 bits per heavy atom. The summed E-state index contributed by atoms with van der Waals surface area (Å²) in [7, 11) is 0. The zero-order valence-electron chi connectivity index (χ0n) is 15.6. The van der Waals surface area contributed by atoms with Crippen LogP contribution >= 0.6 is 0 Å². The van der Waals surface area contributed by atoms with Crippen LogP contribution in [0.1, 0.15) is 90.2 Å². The number of ether oxygens (including phenoxy) is 1. The molecule has 0 spiro atoms. The molecule has 0 fully saturated rings. The Morgan fingerprint density at radius 2 is 1.78 bits per heavy atom. The number of hydrogen-bond acceptors (Lipinski definition) is 2. The minimum atomic E-state index is -0.171. The van der Waals surface area contributed by atoms with Crippen LogP contribution in [0.25, 0.3) is 0 Å². The van der Waals surface area contributed by atoms with Crippen LogP contribution in [0.4, 0.5) is 0 Å². The first-order valence-corrected chi connectivity index (χ1v) is 9.45. The van der Waals surface area contributed by atoms with Gasteiger partial charge in [-0.2, -0.15) is 0 Å². The molecule has 2 nitrogen and oxygen atoms in total. The number of phenols is 1. The van der Waals surface area contributed by atoms with Crippen molar-refractivity contribution in [3.8, 4) is 11.5 Å². The molecule has 0 saturated heterocycles. The molecule has 1 unspecified atom stereocenters. The largest absolute Gasteiger partial charge is 0.508 e. The number of phenolic OH excluding ortho intramolecular Hbond substituents is 1. The van der Waals surface area contributed by atoms with Crippen molar-refractivity contribution in [1.29, 1.82) is 0 Å². The highest BCUT2D eigenvalue weighted by molar-refractivity contribution is 5.51. The first kappa shape index (κ1) is 18.2. The maximum atomic E-state index is 10.6. The number of aryl methyl sites for hydroxylation is 1. The molecule has 0 saturated carbocycles. The van der Waals surface area contributed by atoms with Gasteiger partial charge in [0.05, 0.1) is 0 Å². The summed E-state index contributed by atoms with van der Waals surface area (Å²) in [4.78, 5) is 0. The van der Waals surface area contributed by atoms with Crippen molar-refractivity contribution >= 4 is 0 Å². The zero-order valence-corrected chi connectivity index (χ0v) is 15.6. The van der Waals surface area contributed by atoms with E-state index >= 15 is 0 Å². The summed E-state index contributed by atoms with van der Waals surface area (Å²) < 4.78 is 6.37. The molecule has 0 aliphatic carbocycles. The molecule has 2 atom stereocenters. The third kappa shape index (κ3) is 4.02. The number of aromatic hydroxyl groups is 1. The smallest absolute Gasteiger partial charge is 0.127 e. The fourth-order valence-corrected chi connectivity index (χ4v) is 4.12. The van der Waals surface area contributed by atoms with Crippen LogP contribution in [0.2, 0.25) is 0 Å². The normalized spacial score (nSPS) is 22.5. The van der Waals surface area contributed by atoms with Crippen molar-refractivity contribution in [3.63, 3.8) is 0 Å². The van der Waals surface area contributed by atoms with Crippen LogP contribution in [0.3, 0.4) is 0 Å². The third-order valence-electron chi connectivity index (χ3n) is 5.44. The highest BCUT2D eigenvalue weighted by Crippen LogP contribution is 2.50. The summed E-state index contributed by atoms with van der Waals surface area (Å²) in [5, 5.41) is 10.6. The predicted octanol–water partition coefficient (Wildman–Crippen LogP) is 6.21. The minimum absolute atomic E-state index is 0.171. The molecule has 130 valence electrons. The fourth-order valence-electron chi connectivity index (χ4n) is 4.12. The zero-order chi connectivity index (χ0) is 17.0. The number of unbranched alkanes of at least 4 members (excludes halogenated alkanes) is 3. The molecule has 1 heterocycles. The van der Waals surface area contributed by atoms with Crippen molar-refractivity contribution in [2.75, 3.05) is 0 Å². The predicted molar refractivity (Wildman–Crippen MR) is 97.5 cm³/mol. The Hall–Kier alpha value is -1.18. The molecule has 1 N–H and O–H groups in total. The number of hydrogen-bond donors (Lipinski definition) is 1. The van der Waals surface area contributed by atoms with Crippen molar-refractivity contribution in [2.24, 2.45) is 5.92 Å². The third-order valence-corrected chi connectivity index (χ3v) is 5.44. The highest BCUT2D eigenvalue weighted by Gasteiger charge is 2.42. The topological polar surface area (TPSA) is 29.5 Å². The van der Waals surface area contributed by atoms with Gasteiger partial charge in [0.15, 0.2) is 0 Å². The van der Waals surface area contributed by atoms with Crippen LogP contribution in [-0.2, 0) is 6.42 Å². The summed E-state index contributed by atoms with van der Waals surface area (Å²) in [6, 6.07) is 4.13. The molecule has 0 aromatic heterocycles. The van der Waals surface area contributed by atoms with Gasteiger partial charge in [-0.25, -0.2) is 0 Å². The maximum Gasteiger partial charge on any atom is 0.127 e. The van der Waals surface area contributed by atoms with Gasteiger partial charge >= 0.3 is 0 Å². The molecule has 23 heavy (non-hydrogen) atoms. The second kappa shape index (κ2) is 7.59. The molecule has 2 rings (SSSR count). The van der Waals surface area contributed by atoms with Gasteiger partial charge < -0.3 is 9.84 Å². The second-order valence-corrected chi connectivity index (χ2v) is 7.73. The quantitative estimate of drug-likeness (QED) is 0.606. The van der Waals surface area contributed by atoms with E-state index < -0.39 is 0 Å². The lowest BCUT2D eigenvalue weighted by atomic mass is 9.72. The summed E-state index contributed by atoms with van der Waals surface area (Å²) in [6.45, 7) is 11.1. The van der Waals surface area contributed by atoms with E-state index in [-0.39, 0.29) is 5.60 Å². The summed E-state index contributed by atoms with van der Waals surface area (Å²) in [5.41, 5.74) is 2.05. The molecule has 2 heteroatoms. The molecular weight excluding hydrogens is 284 g/mol. The lowest BCUT2D eigenvalue weighted by Gasteiger charge is -2.44. The molecular formula is C21H34O2. The van der Waals surface area contributed by atoms with E-state index in [1.165, 1.54) is 37.7 Å². The number of rotatable bonds is 7. The molecule has 0 bridgehead atoms. The van der Waals surface area contributed by atoms with Gasteiger partial charge in [-0.05, 0) is 56.7 Å². The van der Waals surface area contributed by atoms with Crippen LogP contribution in [0.5, 0.6) is 11.5 Å². The van der Waals surface area contributed by atoms with Gasteiger partial charge in [0.25, 0.3) is 0 Å². The monoisotopic (exact) mass is 318 g/mol. The van der Waals surface area contributed by atoms with Crippen molar-refractivity contribution < 1.29 is 9.84 Å². The van der Waals surface area contributed by atoms with E-state index in [2.05, 4.69) is 40.7 Å². The minimum Gasteiger partial charge on any atom is -0.508 e. The Morgan fingerprint density at radius 1 is 1.09 bits per heavy atom. The fraction of sp³-hybridized carbons (Fsp3) is 0.714. The first-order valence-electron chi connectivity index (χ1n) is 9.45. The maximum absolute atomic E-state index is 10.6. The molecule has 1 aromatic carbocycles. The van der Waals surface area contributed by atoms with Crippen LogP contribution < -0.4 is 4.74 Å². The SMILES string of the molecule is CCCCCc1cc(O)c2c(c1)OC(C)(C)[C@H](CCCC)C2C. The summed E-state index contributed by atoms with van der Waals surface area (Å²) in [6.07, 6.45) is 8.22. The average Bonchev–Trinajstić information content (AvgIpc) is 2.45. The Labute approximate surface area is 142 Å². The Bertz CT molecular complexity index is 519. The van der Waals surface area contributed by atoms with E-state index in [9.17, 15) is 5.11 Å². The van der Waals surface area contributed by atoms with Crippen molar-refractivity contribution in [3.05, 3.63) is 23.3 Å². The molecule has 1 aliphatic heterocycles. The molecule has 0 amide bonds. The second-order valence-electron chi connectivity index (χ2n) is 7.73. The van der Waals surface area contributed by atoms with Gasteiger partial charge in [-0.3, -0.25) is 0 Å². The van der Waals surface area contributed by atoms with Crippen LogP contribution in [0.15, 0.2) is 12.1 Å².